The summed E-state index contributed by atoms with van der Waals surface area (Å²) in [5, 5.41) is 11.7. The number of amides is 2. The van der Waals surface area contributed by atoms with Gasteiger partial charge in [-0.3, -0.25) is 4.98 Å². The van der Waals surface area contributed by atoms with E-state index in [1.165, 1.54) is 11.8 Å². The van der Waals surface area contributed by atoms with Crippen molar-refractivity contribution in [3.63, 3.8) is 0 Å². The number of urea groups is 1. The molecule has 0 aliphatic heterocycles. The number of hydrogen-bond donors (Lipinski definition) is 5. The molecule has 1 atom stereocenters. The highest BCUT2D eigenvalue weighted by molar-refractivity contribution is 7.99. The number of hydrogen-bond acceptors (Lipinski definition) is 4. The zero-order valence-corrected chi connectivity index (χ0v) is 9.26. The quantitative estimate of drug-likeness (QED) is 0.428. The number of H-pyrrole nitrogens is 2. The van der Waals surface area contributed by atoms with Crippen LogP contribution in [0.4, 0.5) is 4.79 Å². The van der Waals surface area contributed by atoms with E-state index in [1.54, 1.807) is 0 Å². The van der Waals surface area contributed by atoms with Crippen LogP contribution in [-0.2, 0) is 6.40 Å². The normalized spacial score (nSPS) is 13.1. The van der Waals surface area contributed by atoms with Crippen LogP contribution in [0.15, 0.2) is 4.79 Å². The lowest BCUT2D eigenvalue weighted by Crippen LogP contribution is -2.31. The van der Waals surface area contributed by atoms with Gasteiger partial charge in [-0.25, -0.2) is 9.59 Å². The van der Waals surface area contributed by atoms with Crippen LogP contribution in [0.5, 0.6) is 5.88 Å². The van der Waals surface area contributed by atoms with Crippen LogP contribution in [0.25, 0.3) is 0 Å². The summed E-state index contributed by atoms with van der Waals surface area (Å²) in [5.74, 6) is 0.695. The molecule has 2 amide bonds. The monoisotopic (exact) mass is 247 g/mol. The molecule has 0 saturated carbocycles. The number of aromatic amines is 2. The molecule has 1 aromatic rings. The summed E-state index contributed by atoms with van der Waals surface area (Å²) in [5.41, 5.74) is 4.51. The molecule has 0 saturated heterocycles. The summed E-state index contributed by atoms with van der Waals surface area (Å²) in [7, 11) is 0. The van der Waals surface area contributed by atoms with E-state index in [0.29, 0.717) is 18.1 Å². The third-order valence-electron chi connectivity index (χ3n) is 1.69. The van der Waals surface area contributed by atoms with Crippen LogP contribution in [0.2, 0.25) is 0 Å². The first-order valence-electron chi connectivity index (χ1n) is 5.13. The van der Waals surface area contributed by atoms with Gasteiger partial charge in [0, 0.05) is 20.1 Å². The third-order valence-corrected chi connectivity index (χ3v) is 2.58. The largest absolute Gasteiger partial charge is 0.493 e. The first-order valence-corrected chi connectivity index (χ1v) is 5.70. The molecule has 0 aromatic carbocycles. The Kier molecular flexibility index (Phi) is 4.17. The Bertz CT molecular complexity index is 433. The number of carbonyl (C=O) groups is 1. The number of aryl methyl sites for hydroxylation is 1. The second-order valence-corrected chi connectivity index (χ2v) is 4.06. The number of aromatic hydroxyl groups is 1. The van der Waals surface area contributed by atoms with Crippen LogP contribution >= 0.6 is 11.8 Å². The fraction of sp³-hybridized carbons (Fsp3) is 0.500. The first-order chi connectivity index (χ1) is 8.00. The minimum Gasteiger partial charge on any atom is -0.493 e. The van der Waals surface area contributed by atoms with Crippen molar-refractivity contribution in [1.29, 1.82) is 0 Å². The average Bonchev–Trinajstić information content (AvgIpc) is 2.56. The van der Waals surface area contributed by atoms with Gasteiger partial charge in [0.2, 0.25) is 5.88 Å². The minimum atomic E-state index is -0.729. The smallest absolute Gasteiger partial charge is 0.325 e. The Morgan fingerprint density at radius 2 is 2.31 bits per heavy atom. The zero-order chi connectivity index (χ0) is 12.8. The fourth-order valence-corrected chi connectivity index (χ4v) is 1.70. The van der Waals surface area contributed by atoms with Gasteiger partial charge >= 0.3 is 11.7 Å². The predicted octanol–water partition coefficient (Wildman–Crippen LogP) is -0.647. The Morgan fingerprint density at radius 1 is 1.56 bits per heavy atom. The molecule has 1 unspecified atom stereocenters. The van der Waals surface area contributed by atoms with Crippen LogP contribution in [-0.4, -0.2) is 39.2 Å². The maximum atomic E-state index is 10.8. The summed E-state index contributed by atoms with van der Waals surface area (Å²) < 4.78 is 7.70. The Balaban J connectivity index is 2.30. The molecule has 0 spiro atoms. The number of rotatable bonds is 6. The van der Waals surface area contributed by atoms with Crippen molar-refractivity contribution in [3.8, 4) is 5.88 Å². The third kappa shape index (κ3) is 4.30. The number of imidazole rings is 1. The summed E-state index contributed by atoms with van der Waals surface area (Å²) in [6.45, 7) is 0.419. The molecule has 0 bridgehead atoms. The molecule has 0 radical (unpaired) electrons. The molecule has 1 heterocycles. The number of primary amides is 1. The van der Waals surface area contributed by atoms with E-state index in [1.807, 2.05) is 0 Å². The van der Waals surface area contributed by atoms with Crippen molar-refractivity contribution in [3.05, 3.63) is 16.2 Å². The Labute approximate surface area is 97.2 Å². The van der Waals surface area contributed by atoms with Crippen molar-refractivity contribution >= 4 is 17.8 Å². The molecule has 0 aliphatic carbocycles. The van der Waals surface area contributed by atoms with E-state index in [4.69, 9.17) is 7.10 Å². The number of nitrogens with one attached hydrogen (secondary N) is 3. The maximum Gasteiger partial charge on any atom is 0.325 e. The van der Waals surface area contributed by atoms with E-state index in [9.17, 15) is 14.7 Å². The lowest BCUT2D eigenvalue weighted by Gasteiger charge is -2.01. The molecule has 0 aliphatic rings. The lowest BCUT2D eigenvalue weighted by molar-refractivity contribution is 0.249. The van der Waals surface area contributed by atoms with Gasteiger partial charge < -0.3 is 21.1 Å². The van der Waals surface area contributed by atoms with Crippen LogP contribution in [0, 0.1) is 0 Å². The van der Waals surface area contributed by atoms with Gasteiger partial charge in [0.15, 0.2) is 0 Å². The maximum absolute atomic E-state index is 10.8. The van der Waals surface area contributed by atoms with Crippen LogP contribution < -0.4 is 16.7 Å². The molecular formula is C8H14N4O3S. The molecule has 90 valence electrons. The number of carbonyl (C=O) groups excluding carboxylic acids is 1. The molecule has 7 nitrogen and oxygen atoms in total. The van der Waals surface area contributed by atoms with Gasteiger partial charge in [0.25, 0.3) is 0 Å². The molecule has 16 heavy (non-hydrogen) atoms. The molecule has 1 rings (SSSR count). The van der Waals surface area contributed by atoms with Gasteiger partial charge in [-0.2, -0.15) is 11.8 Å². The molecule has 0 fully saturated rings. The fourth-order valence-electron chi connectivity index (χ4n) is 1.01. The molecule has 8 heteroatoms. The van der Waals surface area contributed by atoms with Gasteiger partial charge in [-0.05, 0) is 5.75 Å². The summed E-state index contributed by atoms with van der Waals surface area (Å²) >= 11 is 1.41. The second kappa shape index (κ2) is 6.11. The number of aromatic nitrogens is 2. The zero-order valence-electron chi connectivity index (χ0n) is 9.45. The average molecular weight is 247 g/mol. The van der Waals surface area contributed by atoms with Crippen molar-refractivity contribution in [1.82, 2.24) is 15.3 Å². The minimum absolute atomic E-state index is 0.172. The highest BCUT2D eigenvalue weighted by atomic mass is 32.2. The lowest BCUT2D eigenvalue weighted by atomic mass is 10.4. The van der Waals surface area contributed by atoms with Crippen LogP contribution in [0.3, 0.4) is 0 Å². The highest BCUT2D eigenvalue weighted by Gasteiger charge is 2.04. The predicted molar refractivity (Wildman–Crippen MR) is 61.7 cm³/mol. The summed E-state index contributed by atoms with van der Waals surface area (Å²) in [6.07, 6.45) is -0.729. The number of thioether (sulfide) groups is 1. The van der Waals surface area contributed by atoms with Crippen molar-refractivity contribution in [2.24, 2.45) is 5.73 Å². The first kappa shape index (κ1) is 10.9. The summed E-state index contributed by atoms with van der Waals surface area (Å²) in [6, 6.07) is -0.583. The van der Waals surface area contributed by atoms with Gasteiger partial charge in [-0.15, -0.1) is 0 Å². The van der Waals surface area contributed by atoms with Crippen molar-refractivity contribution in [2.75, 3.05) is 18.1 Å². The van der Waals surface area contributed by atoms with E-state index in [-0.39, 0.29) is 11.6 Å². The Hall–Kier alpha value is -1.57. The second-order valence-electron chi connectivity index (χ2n) is 2.91. The molecule has 6 N–H and O–H groups in total. The van der Waals surface area contributed by atoms with Crippen molar-refractivity contribution < 1.29 is 11.3 Å². The molecule has 1 aromatic heterocycles. The van der Waals surface area contributed by atoms with E-state index >= 15 is 0 Å². The number of nitrogens with two attached hydrogens (primary N) is 1. The van der Waals surface area contributed by atoms with Crippen molar-refractivity contribution in [2.45, 2.75) is 6.40 Å². The van der Waals surface area contributed by atoms with Gasteiger partial charge in [0.1, 0.15) is 0 Å². The Morgan fingerprint density at radius 3 is 2.88 bits per heavy atom. The van der Waals surface area contributed by atoms with Gasteiger partial charge in [-0.1, -0.05) is 0 Å². The van der Waals surface area contributed by atoms with Gasteiger partial charge in [0.05, 0.1) is 5.69 Å². The topological polar surface area (TPSA) is 124 Å². The van der Waals surface area contributed by atoms with E-state index < -0.39 is 18.1 Å². The standard InChI is InChI=1S/C8H14N4O3S/c9-7(14)10-2-4-16-3-1-5-6(13)12-8(15)11-5/h13H,1-4H2,(H3,9,10,14)(H2,11,12,15)/i1D. The molecular weight excluding hydrogens is 232 g/mol. The van der Waals surface area contributed by atoms with Crippen LogP contribution in [0.1, 0.15) is 7.06 Å². The SMILES string of the molecule is [2H]C(CSCCNC(N)=O)c1[nH]c(=O)[nH]c1O. The van der Waals surface area contributed by atoms with E-state index in [0.717, 1.165) is 0 Å². The summed E-state index contributed by atoms with van der Waals surface area (Å²) in [4.78, 5) is 25.7. The van der Waals surface area contributed by atoms with E-state index in [2.05, 4.69) is 15.3 Å². The highest BCUT2D eigenvalue weighted by Crippen LogP contribution is 2.11.